The van der Waals surface area contributed by atoms with E-state index in [1.54, 1.807) is 49.5 Å². The molecule has 2 rings (SSSR count). The zero-order chi connectivity index (χ0) is 14.7. The van der Waals surface area contributed by atoms with Crippen molar-refractivity contribution in [3.63, 3.8) is 0 Å². The Morgan fingerprint density at radius 1 is 1.30 bits per heavy atom. The van der Waals surface area contributed by atoms with E-state index in [0.29, 0.717) is 26.3 Å². The van der Waals surface area contributed by atoms with Gasteiger partial charge in [-0.1, -0.05) is 17.7 Å². The van der Waals surface area contributed by atoms with Gasteiger partial charge in [0.05, 0.1) is 16.7 Å². The summed E-state index contributed by atoms with van der Waals surface area (Å²) in [6, 6.07) is 14.0. The Morgan fingerprint density at radius 3 is 2.70 bits per heavy atom. The molecule has 3 nitrogen and oxygen atoms in total. The number of anilines is 1. The minimum atomic E-state index is -0.169. The number of carbonyl (C=O) groups is 1. The first-order chi connectivity index (χ1) is 9.52. The Balaban J connectivity index is 2.32. The van der Waals surface area contributed by atoms with Crippen LogP contribution in [0.1, 0.15) is 15.9 Å². The van der Waals surface area contributed by atoms with E-state index in [9.17, 15) is 4.79 Å². The predicted octanol–water partition coefficient (Wildman–Crippen LogP) is 4.25. The molecule has 1 amide bonds. The molecule has 2 aromatic rings. The Morgan fingerprint density at radius 2 is 2.05 bits per heavy atom. The average Bonchev–Trinajstić information content (AvgIpc) is 2.48. The fourth-order valence-corrected chi connectivity index (χ4v) is 2.22. The Bertz CT molecular complexity index is 709. The Labute approximate surface area is 130 Å². The quantitative estimate of drug-likeness (QED) is 0.813. The van der Waals surface area contributed by atoms with Crippen LogP contribution in [0, 0.1) is 11.3 Å². The minimum Gasteiger partial charge on any atom is -0.311 e. The maximum absolute atomic E-state index is 12.4. The monoisotopic (exact) mass is 348 g/mol. The molecule has 20 heavy (non-hydrogen) atoms. The molecule has 0 saturated carbocycles. The van der Waals surface area contributed by atoms with Crippen LogP contribution in [-0.2, 0) is 0 Å². The highest BCUT2D eigenvalue weighted by atomic mass is 79.9. The fourth-order valence-electron chi connectivity index (χ4n) is 1.72. The summed E-state index contributed by atoms with van der Waals surface area (Å²) in [4.78, 5) is 13.9. The van der Waals surface area contributed by atoms with Crippen molar-refractivity contribution in [2.24, 2.45) is 0 Å². The van der Waals surface area contributed by atoms with Gasteiger partial charge >= 0.3 is 0 Å². The highest BCUT2D eigenvalue weighted by Crippen LogP contribution is 2.25. The SMILES string of the molecule is CN(C(=O)c1ccc(Cl)c(Br)c1)c1cccc(C#N)c1. The molecule has 0 aliphatic rings. The third kappa shape index (κ3) is 3.01. The second kappa shape index (κ2) is 6.08. The molecule has 0 aromatic heterocycles. The highest BCUT2D eigenvalue weighted by molar-refractivity contribution is 9.10. The molecule has 0 spiro atoms. The molecule has 0 bridgehead atoms. The van der Waals surface area contributed by atoms with Gasteiger partial charge in [0, 0.05) is 22.8 Å². The van der Waals surface area contributed by atoms with Crippen LogP contribution in [0.4, 0.5) is 5.69 Å². The van der Waals surface area contributed by atoms with Crippen molar-refractivity contribution in [3.05, 3.63) is 63.1 Å². The van der Waals surface area contributed by atoms with Crippen LogP contribution in [0.15, 0.2) is 46.9 Å². The molecule has 0 saturated heterocycles. The molecule has 0 aliphatic carbocycles. The molecule has 0 N–H and O–H groups in total. The maximum atomic E-state index is 12.4. The molecule has 2 aromatic carbocycles. The van der Waals surface area contributed by atoms with E-state index < -0.39 is 0 Å². The first-order valence-corrected chi connectivity index (χ1v) is 6.93. The van der Waals surface area contributed by atoms with Crippen LogP contribution in [0.25, 0.3) is 0 Å². The second-order valence-corrected chi connectivity index (χ2v) is 5.42. The van der Waals surface area contributed by atoms with Crippen molar-refractivity contribution in [2.45, 2.75) is 0 Å². The number of benzene rings is 2. The van der Waals surface area contributed by atoms with Gasteiger partial charge in [0.25, 0.3) is 5.91 Å². The van der Waals surface area contributed by atoms with Crippen LogP contribution in [0.2, 0.25) is 5.02 Å². The standard InChI is InChI=1S/C15H10BrClN2O/c1-19(12-4-2-3-10(7-12)9-18)15(20)11-5-6-14(17)13(16)8-11/h2-8H,1H3. The third-order valence-corrected chi connectivity index (χ3v) is 4.05. The van der Waals surface area contributed by atoms with Gasteiger partial charge in [0.15, 0.2) is 0 Å². The zero-order valence-electron chi connectivity index (χ0n) is 10.6. The molecule has 0 unspecified atom stereocenters. The summed E-state index contributed by atoms with van der Waals surface area (Å²) in [5.41, 5.74) is 1.70. The van der Waals surface area contributed by atoms with Gasteiger partial charge in [-0.3, -0.25) is 4.79 Å². The first kappa shape index (κ1) is 14.6. The van der Waals surface area contributed by atoms with E-state index >= 15 is 0 Å². The molecule has 100 valence electrons. The molecule has 0 fully saturated rings. The van der Waals surface area contributed by atoms with Gasteiger partial charge in [-0.25, -0.2) is 0 Å². The second-order valence-electron chi connectivity index (χ2n) is 4.16. The summed E-state index contributed by atoms with van der Waals surface area (Å²) in [6.07, 6.45) is 0. The molecule has 0 heterocycles. The topological polar surface area (TPSA) is 44.1 Å². The van der Waals surface area contributed by atoms with Gasteiger partial charge in [-0.2, -0.15) is 5.26 Å². The molecule has 0 radical (unpaired) electrons. The van der Waals surface area contributed by atoms with Crippen LogP contribution in [0.5, 0.6) is 0 Å². The molecular formula is C15H10BrClN2O. The van der Waals surface area contributed by atoms with Crippen LogP contribution >= 0.6 is 27.5 Å². The van der Waals surface area contributed by atoms with Crippen molar-refractivity contribution >= 4 is 39.1 Å². The van der Waals surface area contributed by atoms with E-state index in [-0.39, 0.29) is 5.91 Å². The van der Waals surface area contributed by atoms with E-state index in [1.165, 1.54) is 4.90 Å². The lowest BCUT2D eigenvalue weighted by atomic mass is 10.1. The van der Waals surface area contributed by atoms with Crippen LogP contribution in [0.3, 0.4) is 0 Å². The van der Waals surface area contributed by atoms with Crippen molar-refractivity contribution < 1.29 is 4.79 Å². The number of nitrogens with zero attached hydrogens (tertiary/aromatic N) is 2. The molecule has 5 heteroatoms. The van der Waals surface area contributed by atoms with Gasteiger partial charge < -0.3 is 4.90 Å². The third-order valence-electron chi connectivity index (χ3n) is 2.83. The molecule has 0 aliphatic heterocycles. The summed E-state index contributed by atoms with van der Waals surface area (Å²) in [7, 11) is 1.67. The van der Waals surface area contributed by atoms with Gasteiger partial charge in [-0.05, 0) is 52.3 Å². The summed E-state index contributed by atoms with van der Waals surface area (Å²) in [5, 5.41) is 9.44. The van der Waals surface area contributed by atoms with Crippen molar-refractivity contribution in [2.75, 3.05) is 11.9 Å². The van der Waals surface area contributed by atoms with Crippen molar-refractivity contribution in [1.29, 1.82) is 5.26 Å². The summed E-state index contributed by atoms with van der Waals surface area (Å²) < 4.78 is 0.671. The number of halogens is 2. The lowest BCUT2D eigenvalue weighted by Crippen LogP contribution is -2.26. The lowest BCUT2D eigenvalue weighted by Gasteiger charge is -2.17. The first-order valence-electron chi connectivity index (χ1n) is 5.76. The van der Waals surface area contributed by atoms with Crippen molar-refractivity contribution in [3.8, 4) is 6.07 Å². The lowest BCUT2D eigenvalue weighted by molar-refractivity contribution is 0.0993. The predicted molar refractivity (Wildman–Crippen MR) is 83.0 cm³/mol. The Kier molecular flexibility index (Phi) is 4.43. The number of rotatable bonds is 2. The van der Waals surface area contributed by atoms with E-state index in [4.69, 9.17) is 16.9 Å². The maximum Gasteiger partial charge on any atom is 0.258 e. The van der Waals surface area contributed by atoms with Crippen LogP contribution in [-0.4, -0.2) is 13.0 Å². The van der Waals surface area contributed by atoms with E-state index in [2.05, 4.69) is 22.0 Å². The smallest absolute Gasteiger partial charge is 0.258 e. The Hall–Kier alpha value is -1.83. The van der Waals surface area contributed by atoms with Crippen molar-refractivity contribution in [1.82, 2.24) is 0 Å². The number of amides is 1. The van der Waals surface area contributed by atoms with E-state index in [1.807, 2.05) is 0 Å². The number of carbonyl (C=O) groups excluding carboxylic acids is 1. The zero-order valence-corrected chi connectivity index (χ0v) is 12.9. The number of hydrogen-bond donors (Lipinski definition) is 0. The summed E-state index contributed by atoms with van der Waals surface area (Å²) in [5.74, 6) is -0.169. The van der Waals surface area contributed by atoms with Gasteiger partial charge in [-0.15, -0.1) is 0 Å². The van der Waals surface area contributed by atoms with Gasteiger partial charge in [0.1, 0.15) is 0 Å². The minimum absolute atomic E-state index is 0.169. The van der Waals surface area contributed by atoms with E-state index in [0.717, 1.165) is 0 Å². The van der Waals surface area contributed by atoms with Gasteiger partial charge in [0.2, 0.25) is 0 Å². The largest absolute Gasteiger partial charge is 0.311 e. The summed E-state index contributed by atoms with van der Waals surface area (Å²) >= 11 is 9.21. The summed E-state index contributed by atoms with van der Waals surface area (Å²) in [6.45, 7) is 0. The highest BCUT2D eigenvalue weighted by Gasteiger charge is 2.14. The number of nitriles is 1. The molecule has 0 atom stereocenters. The normalized spacial score (nSPS) is 9.90. The average molecular weight is 350 g/mol. The number of hydrogen-bond acceptors (Lipinski definition) is 2. The fraction of sp³-hybridized carbons (Fsp3) is 0.0667. The molecular weight excluding hydrogens is 340 g/mol. The van der Waals surface area contributed by atoms with Crippen LogP contribution < -0.4 is 4.90 Å².